The predicted molar refractivity (Wildman–Crippen MR) is 165 cm³/mol. The SMILES string of the molecule is Cn1cnc(C[C@H](NN[C@@H](Cc2cc(I)c(Oc3cc(I)c(O)c(I)c3)c(I)c2)C(=O)O)C(=O)O)c1. The number of phenolic OH excluding ortho intramolecular Hbond substituents is 1. The highest BCUT2D eigenvalue weighted by molar-refractivity contribution is 14.1. The Kier molecular flexibility index (Phi) is 10.8. The lowest BCUT2D eigenvalue weighted by Gasteiger charge is -2.20. The average molecular weight is 944 g/mol. The first kappa shape index (κ1) is 29.6. The molecule has 0 aliphatic carbocycles. The van der Waals surface area contributed by atoms with E-state index in [9.17, 15) is 24.9 Å². The summed E-state index contributed by atoms with van der Waals surface area (Å²) >= 11 is 8.33. The maximum absolute atomic E-state index is 11.9. The number of carboxylic acid groups (broad SMARTS) is 2. The quantitative estimate of drug-likeness (QED) is 0.142. The molecule has 0 unspecified atom stereocenters. The second-order valence-corrected chi connectivity index (χ2v) is 12.4. The lowest BCUT2D eigenvalue weighted by Crippen LogP contribution is -2.54. The first-order chi connectivity index (χ1) is 16.9. The molecule has 2 aromatic carbocycles. The molecule has 0 bridgehead atoms. The Hall–Kier alpha value is -0.970. The summed E-state index contributed by atoms with van der Waals surface area (Å²) in [4.78, 5) is 27.7. The summed E-state index contributed by atoms with van der Waals surface area (Å²) in [6.07, 6.45) is 3.48. The molecule has 0 aliphatic rings. The fourth-order valence-corrected chi connectivity index (χ4v) is 6.99. The van der Waals surface area contributed by atoms with Crippen molar-refractivity contribution in [1.82, 2.24) is 20.4 Å². The Labute approximate surface area is 261 Å². The Morgan fingerprint density at radius 2 is 1.47 bits per heavy atom. The Morgan fingerprint density at radius 1 is 0.944 bits per heavy atom. The minimum Gasteiger partial charge on any atom is -0.506 e. The number of hydrazine groups is 1. The van der Waals surface area contributed by atoms with Crippen LogP contribution in [0.5, 0.6) is 17.2 Å². The van der Waals surface area contributed by atoms with Crippen LogP contribution in [0.4, 0.5) is 0 Å². The highest BCUT2D eigenvalue weighted by Gasteiger charge is 2.24. The van der Waals surface area contributed by atoms with E-state index in [1.165, 1.54) is 0 Å². The van der Waals surface area contributed by atoms with E-state index in [2.05, 4.69) is 61.0 Å². The summed E-state index contributed by atoms with van der Waals surface area (Å²) in [7, 11) is 1.78. The number of carboxylic acids is 2. The van der Waals surface area contributed by atoms with Crippen LogP contribution in [0.3, 0.4) is 0 Å². The van der Waals surface area contributed by atoms with E-state index in [1.807, 2.05) is 57.3 Å². The van der Waals surface area contributed by atoms with Gasteiger partial charge in [0.1, 0.15) is 23.6 Å². The summed E-state index contributed by atoms with van der Waals surface area (Å²) in [6, 6.07) is 4.99. The fraction of sp³-hybridized carbons (Fsp3) is 0.227. The van der Waals surface area contributed by atoms with Gasteiger partial charge in [-0.25, -0.2) is 15.8 Å². The number of carbonyl (C=O) groups is 2. The predicted octanol–water partition coefficient (Wildman–Crippen LogP) is 4.12. The van der Waals surface area contributed by atoms with Gasteiger partial charge < -0.3 is 24.6 Å². The number of aromatic nitrogens is 2. The van der Waals surface area contributed by atoms with Gasteiger partial charge in [0.15, 0.2) is 5.75 Å². The summed E-state index contributed by atoms with van der Waals surface area (Å²) in [5, 5.41) is 29.3. The van der Waals surface area contributed by atoms with Crippen LogP contribution >= 0.6 is 90.4 Å². The second kappa shape index (κ2) is 13.2. The molecule has 0 radical (unpaired) electrons. The molecule has 0 spiro atoms. The van der Waals surface area contributed by atoms with Crippen LogP contribution in [0.2, 0.25) is 0 Å². The van der Waals surface area contributed by atoms with Gasteiger partial charge in [-0.2, -0.15) is 0 Å². The summed E-state index contributed by atoms with van der Waals surface area (Å²) in [6.45, 7) is 0. The number of benzene rings is 2. The molecule has 0 aliphatic heterocycles. The molecule has 3 aromatic rings. The van der Waals surface area contributed by atoms with Gasteiger partial charge in [-0.15, -0.1) is 0 Å². The molecule has 10 nitrogen and oxygen atoms in total. The van der Waals surface area contributed by atoms with Crippen molar-refractivity contribution in [3.8, 4) is 17.2 Å². The number of aryl methyl sites for hydroxylation is 1. The molecule has 1 heterocycles. The van der Waals surface area contributed by atoms with Gasteiger partial charge >= 0.3 is 11.9 Å². The van der Waals surface area contributed by atoms with Crippen molar-refractivity contribution in [2.45, 2.75) is 24.9 Å². The van der Waals surface area contributed by atoms with Gasteiger partial charge in [0, 0.05) is 19.7 Å². The van der Waals surface area contributed by atoms with E-state index in [-0.39, 0.29) is 18.6 Å². The molecule has 0 amide bonds. The molecule has 0 saturated carbocycles. The van der Waals surface area contributed by atoms with Crippen molar-refractivity contribution in [3.05, 3.63) is 62.3 Å². The average Bonchev–Trinajstić information content (AvgIpc) is 3.20. The standard InChI is InChI=1S/C22H20I4N4O6/c1-30-8-11(27-9-30)5-18(22(34)35)29-28-17(21(32)33)4-10-2-15(25)20(16(26)3-10)36-12-6-13(23)19(31)14(24)7-12/h2-3,6-9,17-18,28-29,31H,4-5H2,1H3,(H,32,33)(H,34,35)/t17-,18-/m0/s1. The third-order valence-electron chi connectivity index (χ3n) is 4.91. The van der Waals surface area contributed by atoms with Crippen LogP contribution in [-0.2, 0) is 29.5 Å². The van der Waals surface area contributed by atoms with E-state index in [4.69, 9.17) is 4.74 Å². The number of ether oxygens (including phenoxy) is 1. The number of phenols is 1. The van der Waals surface area contributed by atoms with Crippen molar-refractivity contribution in [2.24, 2.45) is 7.05 Å². The van der Waals surface area contributed by atoms with Crippen molar-refractivity contribution >= 4 is 102 Å². The number of aliphatic carboxylic acids is 2. The van der Waals surface area contributed by atoms with Gasteiger partial charge in [0.2, 0.25) is 0 Å². The number of nitrogens with one attached hydrogen (secondary N) is 2. The Bertz CT molecular complexity index is 1240. The van der Waals surface area contributed by atoms with E-state index >= 15 is 0 Å². The molecule has 0 fully saturated rings. The molecule has 3 rings (SSSR count). The molecule has 1 aromatic heterocycles. The molecule has 14 heteroatoms. The minimum atomic E-state index is -1.12. The molecule has 192 valence electrons. The van der Waals surface area contributed by atoms with Gasteiger partial charge in [-0.1, -0.05) is 0 Å². The molecular formula is C22H20I4N4O6. The van der Waals surface area contributed by atoms with Gasteiger partial charge in [0.25, 0.3) is 0 Å². The number of halogens is 4. The summed E-state index contributed by atoms with van der Waals surface area (Å²) < 4.78 is 10.7. The van der Waals surface area contributed by atoms with Crippen LogP contribution in [-0.4, -0.2) is 48.9 Å². The van der Waals surface area contributed by atoms with Gasteiger partial charge in [-0.05, 0) is 127 Å². The van der Waals surface area contributed by atoms with Crippen LogP contribution in [0.1, 0.15) is 11.3 Å². The molecule has 36 heavy (non-hydrogen) atoms. The van der Waals surface area contributed by atoms with E-state index in [0.717, 1.165) is 12.7 Å². The highest BCUT2D eigenvalue weighted by Crippen LogP contribution is 2.37. The number of hydrogen-bond acceptors (Lipinski definition) is 7. The van der Waals surface area contributed by atoms with Gasteiger partial charge in [-0.3, -0.25) is 9.59 Å². The van der Waals surface area contributed by atoms with Crippen molar-refractivity contribution in [1.29, 1.82) is 0 Å². The normalized spacial score (nSPS) is 12.8. The van der Waals surface area contributed by atoms with E-state index < -0.39 is 24.0 Å². The first-order valence-electron chi connectivity index (χ1n) is 10.2. The van der Waals surface area contributed by atoms with Crippen molar-refractivity contribution in [2.75, 3.05) is 0 Å². The summed E-state index contributed by atoms with van der Waals surface area (Å²) in [5.41, 5.74) is 6.61. The molecule has 5 N–H and O–H groups in total. The number of aromatic hydroxyl groups is 1. The molecule has 0 saturated heterocycles. The Morgan fingerprint density at radius 3 is 1.94 bits per heavy atom. The van der Waals surface area contributed by atoms with Crippen LogP contribution < -0.4 is 15.6 Å². The van der Waals surface area contributed by atoms with Crippen LogP contribution in [0.15, 0.2) is 36.8 Å². The number of rotatable bonds is 11. The van der Waals surface area contributed by atoms with Crippen LogP contribution in [0.25, 0.3) is 0 Å². The maximum Gasteiger partial charge on any atom is 0.322 e. The minimum absolute atomic E-state index is 0.0898. The Balaban J connectivity index is 1.72. The number of hydrogen-bond donors (Lipinski definition) is 5. The van der Waals surface area contributed by atoms with Crippen molar-refractivity contribution < 1.29 is 29.6 Å². The zero-order valence-corrected chi connectivity index (χ0v) is 27.1. The molecule has 2 atom stereocenters. The number of imidazole rings is 1. The topological polar surface area (TPSA) is 146 Å². The lowest BCUT2D eigenvalue weighted by molar-refractivity contribution is -0.143. The fourth-order valence-electron chi connectivity index (χ4n) is 3.17. The van der Waals surface area contributed by atoms with E-state index in [1.54, 1.807) is 36.3 Å². The second-order valence-electron chi connectivity index (χ2n) is 7.74. The lowest BCUT2D eigenvalue weighted by atomic mass is 10.1. The van der Waals surface area contributed by atoms with Gasteiger partial charge in [0.05, 0.1) is 26.3 Å². The zero-order chi connectivity index (χ0) is 26.6. The third-order valence-corrected chi connectivity index (χ3v) is 8.16. The monoisotopic (exact) mass is 944 g/mol. The first-order valence-corrected chi connectivity index (χ1v) is 14.5. The maximum atomic E-state index is 11.9. The largest absolute Gasteiger partial charge is 0.506 e. The van der Waals surface area contributed by atoms with Crippen molar-refractivity contribution in [3.63, 3.8) is 0 Å². The van der Waals surface area contributed by atoms with Crippen LogP contribution in [0, 0.1) is 14.3 Å². The summed E-state index contributed by atoms with van der Waals surface area (Å²) in [5.74, 6) is -0.845. The number of nitrogens with zero attached hydrogens (tertiary/aromatic N) is 2. The zero-order valence-electron chi connectivity index (χ0n) is 18.5. The third kappa shape index (κ3) is 8.01. The van der Waals surface area contributed by atoms with E-state index in [0.29, 0.717) is 24.3 Å². The smallest absolute Gasteiger partial charge is 0.322 e. The molecular weight excluding hydrogens is 924 g/mol. The highest BCUT2D eigenvalue weighted by atomic mass is 127.